The second kappa shape index (κ2) is 8.74. The minimum absolute atomic E-state index is 0.227. The molecule has 184 valence electrons. The molecule has 2 unspecified atom stereocenters. The smallest absolute Gasteiger partial charge is 0.262 e. The van der Waals surface area contributed by atoms with Gasteiger partial charge >= 0.3 is 0 Å². The Bertz CT molecular complexity index is 1340. The van der Waals surface area contributed by atoms with Crippen LogP contribution in [0.25, 0.3) is 0 Å². The molecule has 0 spiro atoms. The van der Waals surface area contributed by atoms with Gasteiger partial charge < -0.3 is 4.90 Å². The molecule has 2 atom stereocenters. The molecule has 5 heteroatoms. The first-order valence-corrected chi connectivity index (χ1v) is 12.6. The Morgan fingerprint density at radius 1 is 0.917 bits per heavy atom. The van der Waals surface area contributed by atoms with Crippen molar-refractivity contribution in [1.29, 1.82) is 0 Å². The molecule has 2 aliphatic rings. The third-order valence-electron chi connectivity index (χ3n) is 7.74. The number of carbonyl (C=O) groups is 3. The number of imide groups is 1. The number of aryl methyl sites for hydroxylation is 2. The van der Waals surface area contributed by atoms with Crippen LogP contribution in [0.1, 0.15) is 76.1 Å². The molecule has 3 aromatic rings. The van der Waals surface area contributed by atoms with E-state index in [1.165, 1.54) is 10.5 Å². The van der Waals surface area contributed by atoms with Crippen molar-refractivity contribution in [3.8, 4) is 0 Å². The average molecular weight is 481 g/mol. The SMILES string of the molecule is Cc1cc2c(cc1C)N(C(=O)C(Cc1ccccc1)N1C(=O)c3ccccc3C1=O)C(C)(C)CC2C. The minimum atomic E-state index is -0.957. The van der Waals surface area contributed by atoms with Gasteiger partial charge in [0.15, 0.2) is 0 Å². The summed E-state index contributed by atoms with van der Waals surface area (Å²) in [6.45, 7) is 10.5. The van der Waals surface area contributed by atoms with Crippen LogP contribution in [0.15, 0.2) is 66.7 Å². The molecule has 0 saturated carbocycles. The summed E-state index contributed by atoms with van der Waals surface area (Å²) in [6.07, 6.45) is 1.04. The van der Waals surface area contributed by atoms with Crippen LogP contribution in [0.5, 0.6) is 0 Å². The fourth-order valence-corrected chi connectivity index (χ4v) is 5.87. The van der Waals surface area contributed by atoms with E-state index in [0.717, 1.165) is 28.8 Å². The van der Waals surface area contributed by atoms with E-state index in [1.807, 2.05) is 35.2 Å². The Labute approximate surface area is 212 Å². The van der Waals surface area contributed by atoms with E-state index in [2.05, 4.69) is 46.8 Å². The lowest BCUT2D eigenvalue weighted by Gasteiger charge is -2.48. The summed E-state index contributed by atoms with van der Waals surface area (Å²) in [5, 5.41) is 0. The maximum absolute atomic E-state index is 14.6. The second-order valence-electron chi connectivity index (χ2n) is 10.8. The van der Waals surface area contributed by atoms with Gasteiger partial charge in [-0.05, 0) is 80.5 Å². The number of amides is 3. The number of nitrogens with zero attached hydrogens (tertiary/aromatic N) is 2. The molecule has 2 heterocycles. The Morgan fingerprint density at radius 3 is 2.08 bits per heavy atom. The molecule has 2 aliphatic heterocycles. The first kappa shape index (κ1) is 24.0. The lowest BCUT2D eigenvalue weighted by Crippen LogP contribution is -2.59. The fraction of sp³-hybridized carbons (Fsp3) is 0.323. The van der Waals surface area contributed by atoms with E-state index in [1.54, 1.807) is 24.3 Å². The van der Waals surface area contributed by atoms with Crippen molar-refractivity contribution >= 4 is 23.4 Å². The maximum Gasteiger partial charge on any atom is 0.262 e. The van der Waals surface area contributed by atoms with Crippen LogP contribution in [0.4, 0.5) is 5.69 Å². The largest absolute Gasteiger partial charge is 0.305 e. The number of hydrogen-bond donors (Lipinski definition) is 0. The van der Waals surface area contributed by atoms with E-state index < -0.39 is 23.4 Å². The Hall–Kier alpha value is -3.73. The molecule has 3 amide bonds. The predicted octanol–water partition coefficient (Wildman–Crippen LogP) is 5.83. The summed E-state index contributed by atoms with van der Waals surface area (Å²) in [4.78, 5) is 44.7. The second-order valence-corrected chi connectivity index (χ2v) is 10.8. The lowest BCUT2D eigenvalue weighted by molar-refractivity contribution is -0.123. The topological polar surface area (TPSA) is 57.7 Å². The molecule has 0 bridgehead atoms. The molecule has 0 aliphatic carbocycles. The van der Waals surface area contributed by atoms with Crippen molar-refractivity contribution in [2.45, 2.75) is 65.0 Å². The van der Waals surface area contributed by atoms with E-state index in [-0.39, 0.29) is 18.2 Å². The molecule has 3 aromatic carbocycles. The number of carbonyl (C=O) groups excluding carboxylic acids is 3. The normalized spacial score (nSPS) is 19.2. The van der Waals surface area contributed by atoms with Gasteiger partial charge in [-0.15, -0.1) is 0 Å². The van der Waals surface area contributed by atoms with Gasteiger partial charge in [-0.2, -0.15) is 0 Å². The summed E-state index contributed by atoms with van der Waals surface area (Å²) < 4.78 is 0. The maximum atomic E-state index is 14.6. The van der Waals surface area contributed by atoms with Crippen molar-refractivity contribution in [2.75, 3.05) is 4.90 Å². The first-order chi connectivity index (χ1) is 17.1. The van der Waals surface area contributed by atoms with Crippen molar-refractivity contribution in [2.24, 2.45) is 0 Å². The number of benzene rings is 3. The zero-order valence-electron chi connectivity index (χ0n) is 21.5. The van der Waals surface area contributed by atoms with E-state index >= 15 is 0 Å². The Kier molecular flexibility index (Phi) is 5.82. The zero-order chi connectivity index (χ0) is 25.8. The molecule has 5 rings (SSSR count). The number of hydrogen-bond acceptors (Lipinski definition) is 3. The fourth-order valence-electron chi connectivity index (χ4n) is 5.87. The third-order valence-corrected chi connectivity index (χ3v) is 7.74. The number of anilines is 1. The lowest BCUT2D eigenvalue weighted by atomic mass is 9.78. The summed E-state index contributed by atoms with van der Waals surface area (Å²) >= 11 is 0. The summed E-state index contributed by atoms with van der Waals surface area (Å²) in [5.41, 5.74) is 5.42. The summed E-state index contributed by atoms with van der Waals surface area (Å²) in [5.74, 6) is -0.762. The van der Waals surface area contributed by atoms with Crippen LogP contribution in [0.3, 0.4) is 0 Å². The van der Waals surface area contributed by atoms with E-state index in [0.29, 0.717) is 11.1 Å². The summed E-state index contributed by atoms with van der Waals surface area (Å²) in [6, 6.07) is 19.7. The van der Waals surface area contributed by atoms with Gasteiger partial charge in [-0.1, -0.05) is 55.5 Å². The first-order valence-electron chi connectivity index (χ1n) is 12.6. The van der Waals surface area contributed by atoms with Crippen LogP contribution in [0.2, 0.25) is 0 Å². The minimum Gasteiger partial charge on any atom is -0.305 e. The van der Waals surface area contributed by atoms with Gasteiger partial charge in [-0.25, -0.2) is 0 Å². The molecule has 5 nitrogen and oxygen atoms in total. The predicted molar refractivity (Wildman–Crippen MR) is 141 cm³/mol. The standard InChI is InChI=1S/C31H32N2O3/c1-19-15-25-21(3)18-31(4,5)33(26(25)16-20(19)2)30(36)27(17-22-11-7-6-8-12-22)32-28(34)23-13-9-10-14-24(23)29(32)35/h6-16,21,27H,17-18H2,1-5H3. The molecule has 0 N–H and O–H groups in total. The van der Waals surface area contributed by atoms with Gasteiger partial charge in [0.05, 0.1) is 11.1 Å². The van der Waals surface area contributed by atoms with Crippen LogP contribution >= 0.6 is 0 Å². The van der Waals surface area contributed by atoms with E-state index in [9.17, 15) is 14.4 Å². The highest BCUT2D eigenvalue weighted by Crippen LogP contribution is 2.45. The van der Waals surface area contributed by atoms with E-state index in [4.69, 9.17) is 0 Å². The van der Waals surface area contributed by atoms with Crippen LogP contribution < -0.4 is 4.90 Å². The molecule has 36 heavy (non-hydrogen) atoms. The van der Waals surface area contributed by atoms with Crippen molar-refractivity contribution in [3.05, 3.63) is 100 Å². The molecule has 0 aromatic heterocycles. The monoisotopic (exact) mass is 480 g/mol. The summed E-state index contributed by atoms with van der Waals surface area (Å²) in [7, 11) is 0. The molecule has 0 radical (unpaired) electrons. The molecular formula is C31H32N2O3. The third kappa shape index (κ3) is 3.83. The highest BCUT2D eigenvalue weighted by Gasteiger charge is 2.48. The van der Waals surface area contributed by atoms with Gasteiger partial charge in [0.1, 0.15) is 6.04 Å². The van der Waals surface area contributed by atoms with Crippen LogP contribution in [0, 0.1) is 13.8 Å². The van der Waals surface area contributed by atoms with Gasteiger partial charge in [-0.3, -0.25) is 19.3 Å². The molecular weight excluding hydrogens is 448 g/mol. The Balaban J connectivity index is 1.64. The number of fused-ring (bicyclic) bond motifs is 2. The van der Waals surface area contributed by atoms with Gasteiger partial charge in [0.25, 0.3) is 17.7 Å². The highest BCUT2D eigenvalue weighted by molar-refractivity contribution is 6.23. The molecule has 0 fully saturated rings. The van der Waals surface area contributed by atoms with Gasteiger partial charge in [0.2, 0.25) is 0 Å². The van der Waals surface area contributed by atoms with Crippen LogP contribution in [-0.2, 0) is 11.2 Å². The quantitative estimate of drug-likeness (QED) is 0.442. The molecule has 0 saturated heterocycles. The van der Waals surface area contributed by atoms with Gasteiger partial charge in [0, 0.05) is 17.6 Å². The van der Waals surface area contributed by atoms with Crippen molar-refractivity contribution in [3.63, 3.8) is 0 Å². The van der Waals surface area contributed by atoms with Crippen molar-refractivity contribution < 1.29 is 14.4 Å². The highest BCUT2D eigenvalue weighted by atomic mass is 16.2. The zero-order valence-corrected chi connectivity index (χ0v) is 21.5. The van der Waals surface area contributed by atoms with Crippen LogP contribution in [-0.4, -0.2) is 34.2 Å². The number of rotatable bonds is 4. The van der Waals surface area contributed by atoms with Crippen molar-refractivity contribution in [1.82, 2.24) is 4.90 Å². The average Bonchev–Trinajstić information content (AvgIpc) is 3.09. The Morgan fingerprint density at radius 2 is 1.47 bits per heavy atom.